The molecule has 0 spiro atoms. The van der Waals surface area contributed by atoms with Crippen LogP contribution in [0.25, 0.3) is 10.8 Å². The number of anilines is 1. The maximum atomic E-state index is 13.0. The zero-order chi connectivity index (χ0) is 18.8. The van der Waals surface area contributed by atoms with E-state index in [0.29, 0.717) is 24.2 Å². The quantitative estimate of drug-likeness (QED) is 0.607. The molecule has 2 aromatic carbocycles. The molecule has 4 rings (SSSR count). The summed E-state index contributed by atoms with van der Waals surface area (Å²) in [7, 11) is -0.954. The Labute approximate surface area is 157 Å². The van der Waals surface area contributed by atoms with Crippen molar-refractivity contribution in [2.24, 2.45) is 5.73 Å². The topological polar surface area (TPSA) is 97.5 Å². The Morgan fingerprint density at radius 2 is 2.19 bits per heavy atom. The van der Waals surface area contributed by atoms with Crippen molar-refractivity contribution in [3.05, 3.63) is 66.0 Å². The van der Waals surface area contributed by atoms with E-state index >= 15 is 0 Å². The van der Waals surface area contributed by atoms with Crippen LogP contribution in [0.3, 0.4) is 0 Å². The van der Waals surface area contributed by atoms with E-state index in [-0.39, 0.29) is 12.5 Å². The van der Waals surface area contributed by atoms with Gasteiger partial charge in [-0.1, -0.05) is 24.3 Å². The highest BCUT2D eigenvalue weighted by Gasteiger charge is 2.30. The fourth-order valence-electron chi connectivity index (χ4n) is 3.60. The molecule has 27 heavy (non-hydrogen) atoms. The number of aromatic nitrogens is 1. The second-order valence-electron chi connectivity index (χ2n) is 6.60. The predicted octanol–water partition coefficient (Wildman–Crippen LogP) is 1.18. The first-order valence-corrected chi connectivity index (χ1v) is 8.93. The minimum absolute atomic E-state index is 0.166. The van der Waals surface area contributed by atoms with Gasteiger partial charge in [-0.2, -0.15) is 0 Å². The summed E-state index contributed by atoms with van der Waals surface area (Å²) in [4.78, 5) is 17.0. The van der Waals surface area contributed by atoms with Gasteiger partial charge in [0, 0.05) is 36.6 Å². The lowest BCUT2D eigenvalue weighted by Crippen LogP contribution is -2.43. The summed E-state index contributed by atoms with van der Waals surface area (Å²) in [6, 6.07) is 13.2. The Hall–Kier alpha value is -2.74. The van der Waals surface area contributed by atoms with E-state index < -0.39 is 13.0 Å². The molecule has 1 aliphatic rings. The maximum absolute atomic E-state index is 13.0. The number of hydrogen-bond acceptors (Lipinski definition) is 5. The number of amides is 1. The number of nitrogens with zero attached hydrogens (tertiary/aromatic N) is 1. The van der Waals surface area contributed by atoms with Gasteiger partial charge in [0.25, 0.3) is 0 Å². The van der Waals surface area contributed by atoms with Gasteiger partial charge < -0.3 is 20.7 Å². The average Bonchev–Trinajstić information content (AvgIpc) is 2.69. The third-order valence-electron chi connectivity index (χ3n) is 4.98. The van der Waals surface area contributed by atoms with E-state index in [1.807, 2.05) is 42.5 Å². The van der Waals surface area contributed by atoms with Crippen molar-refractivity contribution >= 4 is 34.9 Å². The molecule has 1 aliphatic heterocycles. The smallest absolute Gasteiger partial charge is 0.423 e. The van der Waals surface area contributed by atoms with Crippen LogP contribution >= 0.6 is 0 Å². The lowest BCUT2D eigenvalue weighted by Gasteiger charge is -2.25. The normalized spacial score (nSPS) is 14.7. The number of pyridine rings is 1. The van der Waals surface area contributed by atoms with Crippen LogP contribution in [-0.4, -0.2) is 36.2 Å². The van der Waals surface area contributed by atoms with Crippen LogP contribution in [0.5, 0.6) is 0 Å². The Bertz CT molecular complexity index is 995. The van der Waals surface area contributed by atoms with Gasteiger partial charge in [0.05, 0.1) is 5.92 Å². The standard InChI is InChI=1S/C20H20BN3O3/c22-11-18(16-2-1-3-19-17(16)7-9-27-21(19)26)20(25)24-15-5-4-14-12-23-8-6-13(14)10-15/h1-6,8,10,12,18,26H,7,9,11,22H2,(H,24,25). The fourth-order valence-corrected chi connectivity index (χ4v) is 3.60. The second-order valence-corrected chi connectivity index (χ2v) is 6.60. The van der Waals surface area contributed by atoms with Crippen LogP contribution in [-0.2, 0) is 15.9 Å². The predicted molar refractivity (Wildman–Crippen MR) is 106 cm³/mol. The lowest BCUT2D eigenvalue weighted by molar-refractivity contribution is -0.117. The number of carbonyl (C=O) groups is 1. The first-order chi connectivity index (χ1) is 13.2. The average molecular weight is 361 g/mol. The molecule has 1 aromatic heterocycles. The van der Waals surface area contributed by atoms with Crippen LogP contribution in [0.2, 0.25) is 0 Å². The van der Waals surface area contributed by atoms with Crippen molar-refractivity contribution in [2.75, 3.05) is 18.5 Å². The molecule has 1 atom stereocenters. The molecule has 0 saturated carbocycles. The number of rotatable bonds is 4. The van der Waals surface area contributed by atoms with Crippen LogP contribution < -0.4 is 16.5 Å². The molecule has 3 aromatic rings. The minimum atomic E-state index is -0.954. The SMILES string of the molecule is NCC(C(=O)Nc1ccc2cnccc2c1)c1cccc2c1CCOB2O. The van der Waals surface area contributed by atoms with E-state index in [0.717, 1.165) is 21.9 Å². The summed E-state index contributed by atoms with van der Waals surface area (Å²) >= 11 is 0. The van der Waals surface area contributed by atoms with Crippen LogP contribution in [0.15, 0.2) is 54.9 Å². The molecule has 0 fully saturated rings. The third kappa shape index (κ3) is 3.44. The zero-order valence-electron chi connectivity index (χ0n) is 14.8. The Kier molecular flexibility index (Phi) is 4.89. The van der Waals surface area contributed by atoms with E-state index in [1.165, 1.54) is 0 Å². The van der Waals surface area contributed by atoms with Crippen molar-refractivity contribution in [3.63, 3.8) is 0 Å². The van der Waals surface area contributed by atoms with Gasteiger partial charge in [-0.05, 0) is 46.6 Å². The minimum Gasteiger partial charge on any atom is -0.423 e. The molecule has 1 amide bonds. The maximum Gasteiger partial charge on any atom is 0.491 e. The highest BCUT2D eigenvalue weighted by molar-refractivity contribution is 6.60. The largest absolute Gasteiger partial charge is 0.491 e. The van der Waals surface area contributed by atoms with Gasteiger partial charge in [0.2, 0.25) is 5.91 Å². The fraction of sp³-hybridized carbons (Fsp3) is 0.200. The van der Waals surface area contributed by atoms with E-state index in [2.05, 4.69) is 10.3 Å². The van der Waals surface area contributed by atoms with E-state index in [4.69, 9.17) is 10.4 Å². The van der Waals surface area contributed by atoms with Crippen LogP contribution in [0.4, 0.5) is 5.69 Å². The van der Waals surface area contributed by atoms with E-state index in [9.17, 15) is 9.82 Å². The van der Waals surface area contributed by atoms with Gasteiger partial charge in [0.1, 0.15) is 0 Å². The second kappa shape index (κ2) is 7.48. The molecule has 0 saturated heterocycles. The molecule has 136 valence electrons. The van der Waals surface area contributed by atoms with Gasteiger partial charge in [0.15, 0.2) is 0 Å². The number of benzene rings is 2. The molecule has 0 aliphatic carbocycles. The molecule has 4 N–H and O–H groups in total. The Balaban J connectivity index is 1.62. The number of carbonyl (C=O) groups excluding carboxylic acids is 1. The summed E-state index contributed by atoms with van der Waals surface area (Å²) in [6.45, 7) is 0.597. The lowest BCUT2D eigenvalue weighted by atomic mass is 9.71. The summed E-state index contributed by atoms with van der Waals surface area (Å²) < 4.78 is 5.29. The summed E-state index contributed by atoms with van der Waals surface area (Å²) in [6.07, 6.45) is 4.16. The van der Waals surface area contributed by atoms with Crippen LogP contribution in [0.1, 0.15) is 17.0 Å². The molecule has 2 heterocycles. The monoisotopic (exact) mass is 361 g/mol. The van der Waals surface area contributed by atoms with Crippen molar-refractivity contribution in [1.29, 1.82) is 0 Å². The van der Waals surface area contributed by atoms with Crippen molar-refractivity contribution in [2.45, 2.75) is 12.3 Å². The summed E-state index contributed by atoms with van der Waals surface area (Å²) in [5.41, 5.74) is 9.18. The molecule has 1 unspecified atom stereocenters. The van der Waals surface area contributed by atoms with Crippen molar-refractivity contribution < 1.29 is 14.5 Å². The highest BCUT2D eigenvalue weighted by atomic mass is 16.5. The van der Waals surface area contributed by atoms with E-state index in [1.54, 1.807) is 12.4 Å². The molecule has 7 heteroatoms. The zero-order valence-corrected chi connectivity index (χ0v) is 14.8. The van der Waals surface area contributed by atoms with Crippen LogP contribution in [0, 0.1) is 0 Å². The Morgan fingerprint density at radius 1 is 1.30 bits per heavy atom. The molecule has 6 nitrogen and oxygen atoms in total. The highest BCUT2D eigenvalue weighted by Crippen LogP contribution is 2.24. The molecule has 0 radical (unpaired) electrons. The van der Waals surface area contributed by atoms with Crippen molar-refractivity contribution in [3.8, 4) is 0 Å². The number of nitrogens with two attached hydrogens (primary N) is 1. The summed E-state index contributed by atoms with van der Waals surface area (Å²) in [5, 5.41) is 15.0. The first-order valence-electron chi connectivity index (χ1n) is 8.93. The summed E-state index contributed by atoms with van der Waals surface area (Å²) in [5.74, 6) is -0.668. The molecule has 0 bridgehead atoms. The number of nitrogens with one attached hydrogen (secondary N) is 1. The number of hydrogen-bond donors (Lipinski definition) is 3. The van der Waals surface area contributed by atoms with Crippen molar-refractivity contribution in [1.82, 2.24) is 4.98 Å². The molecular weight excluding hydrogens is 341 g/mol. The first kappa shape index (κ1) is 17.7. The van der Waals surface area contributed by atoms with Gasteiger partial charge in [-0.25, -0.2) is 0 Å². The van der Waals surface area contributed by atoms with Gasteiger partial charge in [-0.3, -0.25) is 9.78 Å². The third-order valence-corrected chi connectivity index (χ3v) is 4.98. The van der Waals surface area contributed by atoms with Gasteiger partial charge in [-0.15, -0.1) is 0 Å². The number of fused-ring (bicyclic) bond motifs is 2. The van der Waals surface area contributed by atoms with Gasteiger partial charge >= 0.3 is 7.12 Å². The molecular formula is C20H20BN3O3. The Morgan fingerprint density at radius 3 is 3.04 bits per heavy atom.